The number of ether oxygens (including phenoxy) is 1. The molecule has 1 N–H and O–H groups in total. The minimum absolute atomic E-state index is 0.316. The van der Waals surface area contributed by atoms with Gasteiger partial charge < -0.3 is 10.1 Å². The molecule has 1 fully saturated rings. The van der Waals surface area contributed by atoms with Crippen molar-refractivity contribution in [1.82, 2.24) is 5.32 Å². The van der Waals surface area contributed by atoms with Gasteiger partial charge in [-0.25, -0.2) is 0 Å². The molecule has 0 bridgehead atoms. The summed E-state index contributed by atoms with van der Waals surface area (Å²) in [7, 11) is 1.67. The largest absolute Gasteiger partial charge is 0.383 e. The van der Waals surface area contributed by atoms with E-state index in [0.29, 0.717) is 24.9 Å². The number of rotatable bonds is 6. The Morgan fingerprint density at radius 1 is 1.33 bits per heavy atom. The standard InChI is InChI=1S/C12H23NO2/c1-10-3-5-11(6-4-10)12(14)9-13-7-8-15-2/h10-11,13H,3-9H2,1-2H3. The van der Waals surface area contributed by atoms with Gasteiger partial charge in [0.2, 0.25) is 0 Å². The molecule has 1 aliphatic rings. The molecule has 0 atom stereocenters. The molecule has 0 amide bonds. The highest BCUT2D eigenvalue weighted by atomic mass is 16.5. The molecule has 0 heterocycles. The first-order chi connectivity index (χ1) is 7.24. The van der Waals surface area contributed by atoms with Crippen molar-refractivity contribution < 1.29 is 9.53 Å². The number of hydrogen-bond donors (Lipinski definition) is 1. The van der Waals surface area contributed by atoms with Crippen LogP contribution < -0.4 is 5.32 Å². The molecule has 3 heteroatoms. The average Bonchev–Trinajstić information content (AvgIpc) is 2.25. The number of nitrogens with one attached hydrogen (secondary N) is 1. The van der Waals surface area contributed by atoms with E-state index < -0.39 is 0 Å². The molecule has 0 aliphatic heterocycles. The highest BCUT2D eigenvalue weighted by Gasteiger charge is 2.23. The van der Waals surface area contributed by atoms with Crippen molar-refractivity contribution in [3.8, 4) is 0 Å². The second-order valence-electron chi connectivity index (χ2n) is 4.59. The molecule has 0 saturated heterocycles. The Morgan fingerprint density at radius 3 is 2.60 bits per heavy atom. The Kier molecular flexibility index (Phi) is 5.88. The predicted octanol–water partition coefficient (Wildman–Crippen LogP) is 1.62. The first-order valence-electron chi connectivity index (χ1n) is 5.96. The van der Waals surface area contributed by atoms with Crippen LogP contribution in [0.15, 0.2) is 0 Å². The Balaban J connectivity index is 2.11. The molecule has 0 aromatic rings. The zero-order chi connectivity index (χ0) is 11.1. The summed E-state index contributed by atoms with van der Waals surface area (Å²) >= 11 is 0. The van der Waals surface area contributed by atoms with E-state index in [2.05, 4.69) is 12.2 Å². The second kappa shape index (κ2) is 6.96. The molecule has 0 spiro atoms. The summed E-state index contributed by atoms with van der Waals surface area (Å²) in [5.41, 5.74) is 0. The van der Waals surface area contributed by atoms with Crippen LogP contribution in [-0.2, 0) is 9.53 Å². The van der Waals surface area contributed by atoms with Gasteiger partial charge in [-0.3, -0.25) is 4.79 Å². The number of hydrogen-bond acceptors (Lipinski definition) is 3. The maximum atomic E-state index is 11.8. The van der Waals surface area contributed by atoms with E-state index in [1.165, 1.54) is 12.8 Å². The summed E-state index contributed by atoms with van der Waals surface area (Å²) in [5.74, 6) is 1.52. The Labute approximate surface area is 92.6 Å². The lowest BCUT2D eigenvalue weighted by Crippen LogP contribution is -2.32. The predicted molar refractivity (Wildman–Crippen MR) is 60.9 cm³/mol. The normalized spacial score (nSPS) is 26.5. The summed E-state index contributed by atoms with van der Waals surface area (Å²) < 4.78 is 4.91. The minimum atomic E-state index is 0.316. The number of methoxy groups -OCH3 is 1. The molecule has 3 nitrogen and oxygen atoms in total. The first kappa shape index (κ1) is 12.7. The third kappa shape index (κ3) is 4.76. The van der Waals surface area contributed by atoms with E-state index in [9.17, 15) is 4.79 Å². The molecular weight excluding hydrogens is 190 g/mol. The molecule has 1 saturated carbocycles. The molecule has 1 rings (SSSR count). The van der Waals surface area contributed by atoms with Crippen LogP contribution in [0.1, 0.15) is 32.6 Å². The molecule has 0 radical (unpaired) electrons. The van der Waals surface area contributed by atoms with Crippen LogP contribution in [0.4, 0.5) is 0 Å². The van der Waals surface area contributed by atoms with Crippen LogP contribution in [0.25, 0.3) is 0 Å². The van der Waals surface area contributed by atoms with Gasteiger partial charge in [0.1, 0.15) is 5.78 Å². The molecule has 0 unspecified atom stereocenters. The zero-order valence-corrected chi connectivity index (χ0v) is 9.92. The fourth-order valence-electron chi connectivity index (χ4n) is 2.11. The van der Waals surface area contributed by atoms with Crippen molar-refractivity contribution >= 4 is 5.78 Å². The topological polar surface area (TPSA) is 38.3 Å². The van der Waals surface area contributed by atoms with E-state index in [1.807, 2.05) is 0 Å². The van der Waals surface area contributed by atoms with E-state index >= 15 is 0 Å². The van der Waals surface area contributed by atoms with Crippen LogP contribution in [0.2, 0.25) is 0 Å². The van der Waals surface area contributed by atoms with Gasteiger partial charge in [0, 0.05) is 19.6 Å². The minimum Gasteiger partial charge on any atom is -0.383 e. The van der Waals surface area contributed by atoms with Gasteiger partial charge in [0.15, 0.2) is 0 Å². The Bertz CT molecular complexity index is 186. The van der Waals surface area contributed by atoms with Crippen molar-refractivity contribution in [2.75, 3.05) is 26.8 Å². The van der Waals surface area contributed by atoms with E-state index in [1.54, 1.807) is 7.11 Å². The fraction of sp³-hybridized carbons (Fsp3) is 0.917. The molecular formula is C12H23NO2. The zero-order valence-electron chi connectivity index (χ0n) is 9.92. The SMILES string of the molecule is COCCNCC(=O)C1CCC(C)CC1. The van der Waals surface area contributed by atoms with Crippen molar-refractivity contribution in [2.24, 2.45) is 11.8 Å². The van der Waals surface area contributed by atoms with E-state index in [0.717, 1.165) is 25.3 Å². The van der Waals surface area contributed by atoms with Crippen LogP contribution in [-0.4, -0.2) is 32.6 Å². The molecule has 0 aromatic heterocycles. The van der Waals surface area contributed by atoms with Crippen molar-refractivity contribution in [3.63, 3.8) is 0 Å². The van der Waals surface area contributed by atoms with Gasteiger partial charge in [-0.2, -0.15) is 0 Å². The Morgan fingerprint density at radius 2 is 2.00 bits per heavy atom. The van der Waals surface area contributed by atoms with Crippen LogP contribution in [0.5, 0.6) is 0 Å². The summed E-state index contributed by atoms with van der Waals surface area (Å²) in [6.45, 7) is 4.24. The van der Waals surface area contributed by atoms with Gasteiger partial charge >= 0.3 is 0 Å². The van der Waals surface area contributed by atoms with Crippen molar-refractivity contribution in [1.29, 1.82) is 0 Å². The number of ketones is 1. The van der Waals surface area contributed by atoms with Gasteiger partial charge in [-0.15, -0.1) is 0 Å². The van der Waals surface area contributed by atoms with Crippen LogP contribution in [0.3, 0.4) is 0 Å². The highest BCUT2D eigenvalue weighted by Crippen LogP contribution is 2.28. The van der Waals surface area contributed by atoms with Crippen LogP contribution in [0, 0.1) is 11.8 Å². The fourth-order valence-corrected chi connectivity index (χ4v) is 2.11. The van der Waals surface area contributed by atoms with E-state index in [4.69, 9.17) is 4.74 Å². The monoisotopic (exact) mass is 213 g/mol. The van der Waals surface area contributed by atoms with Gasteiger partial charge in [-0.1, -0.05) is 19.8 Å². The highest BCUT2D eigenvalue weighted by molar-refractivity contribution is 5.83. The molecule has 15 heavy (non-hydrogen) atoms. The summed E-state index contributed by atoms with van der Waals surface area (Å²) in [4.78, 5) is 11.8. The van der Waals surface area contributed by atoms with Crippen molar-refractivity contribution in [2.45, 2.75) is 32.6 Å². The number of carbonyl (C=O) groups is 1. The van der Waals surface area contributed by atoms with E-state index in [-0.39, 0.29) is 0 Å². The summed E-state index contributed by atoms with van der Waals surface area (Å²) in [5, 5.41) is 3.12. The first-order valence-corrected chi connectivity index (χ1v) is 5.96. The van der Waals surface area contributed by atoms with Gasteiger partial charge in [0.25, 0.3) is 0 Å². The number of carbonyl (C=O) groups excluding carboxylic acids is 1. The third-order valence-electron chi connectivity index (χ3n) is 3.25. The average molecular weight is 213 g/mol. The smallest absolute Gasteiger partial charge is 0.149 e. The summed E-state index contributed by atoms with van der Waals surface area (Å²) in [6.07, 6.45) is 4.61. The molecule has 1 aliphatic carbocycles. The van der Waals surface area contributed by atoms with Crippen LogP contribution >= 0.6 is 0 Å². The lowest BCUT2D eigenvalue weighted by molar-refractivity contribution is -0.123. The lowest BCUT2D eigenvalue weighted by atomic mass is 9.81. The number of Topliss-reactive ketones (excluding diaryl/α,β-unsaturated/α-hetero) is 1. The maximum Gasteiger partial charge on any atom is 0.149 e. The maximum absolute atomic E-state index is 11.8. The van der Waals surface area contributed by atoms with Gasteiger partial charge in [0.05, 0.1) is 13.2 Å². The quantitative estimate of drug-likeness (QED) is 0.681. The molecule has 0 aromatic carbocycles. The summed E-state index contributed by atoms with van der Waals surface area (Å²) in [6, 6.07) is 0. The Hall–Kier alpha value is -0.410. The second-order valence-corrected chi connectivity index (χ2v) is 4.59. The van der Waals surface area contributed by atoms with Gasteiger partial charge in [-0.05, 0) is 18.8 Å². The third-order valence-corrected chi connectivity index (χ3v) is 3.25. The van der Waals surface area contributed by atoms with Crippen molar-refractivity contribution in [3.05, 3.63) is 0 Å². The lowest BCUT2D eigenvalue weighted by Gasteiger charge is -2.25. The molecule has 88 valence electrons.